The molecule has 0 aliphatic carbocycles. The molecular formula is C23H14N2O5. The summed E-state index contributed by atoms with van der Waals surface area (Å²) in [7, 11) is 0. The number of nitrogens with zero attached hydrogens (tertiary/aromatic N) is 2. The Balaban J connectivity index is 1.85. The van der Waals surface area contributed by atoms with E-state index in [1.165, 1.54) is 6.07 Å². The van der Waals surface area contributed by atoms with Crippen molar-refractivity contribution in [3.63, 3.8) is 0 Å². The molecule has 0 saturated heterocycles. The van der Waals surface area contributed by atoms with Crippen molar-refractivity contribution in [2.24, 2.45) is 4.99 Å². The first-order valence-corrected chi connectivity index (χ1v) is 9.01. The van der Waals surface area contributed by atoms with Gasteiger partial charge in [-0.15, -0.1) is 0 Å². The van der Waals surface area contributed by atoms with Crippen LogP contribution < -0.4 is 0 Å². The third-order valence-electron chi connectivity index (χ3n) is 4.95. The Labute approximate surface area is 170 Å². The lowest BCUT2D eigenvalue weighted by Gasteiger charge is -2.13. The first kappa shape index (κ1) is 19.0. The van der Waals surface area contributed by atoms with E-state index in [9.17, 15) is 24.3 Å². The molecule has 0 unspecified atom stereocenters. The highest BCUT2D eigenvalue weighted by molar-refractivity contribution is 6.29. The molecule has 0 aromatic heterocycles. The topological polar surface area (TPSA) is 104 Å². The molecule has 0 radical (unpaired) electrons. The van der Waals surface area contributed by atoms with E-state index in [2.05, 4.69) is 4.99 Å². The standard InChI is InChI=1S/C23H14N2O5/c26-13-24-19-11-4-2-7-15(19)12-14-6-1-3-8-16(14)17-9-5-10-18-20(17)22(28)25(21(18)27)23(29)30/h1-11H,12H2,(H,29,30). The molecule has 1 N–H and O–H groups in total. The van der Waals surface area contributed by atoms with Crippen LogP contribution in [0.15, 0.2) is 71.7 Å². The molecule has 0 bridgehead atoms. The molecule has 3 aromatic rings. The van der Waals surface area contributed by atoms with Gasteiger partial charge in [0.05, 0.1) is 16.8 Å². The highest BCUT2D eigenvalue weighted by Crippen LogP contribution is 2.35. The summed E-state index contributed by atoms with van der Waals surface area (Å²) in [5, 5.41) is 9.26. The highest BCUT2D eigenvalue weighted by Gasteiger charge is 2.41. The normalized spacial score (nSPS) is 12.5. The second-order valence-corrected chi connectivity index (χ2v) is 6.62. The molecular weight excluding hydrogens is 384 g/mol. The number of rotatable bonds is 4. The molecule has 7 heteroatoms. The van der Waals surface area contributed by atoms with Gasteiger partial charge in [-0.05, 0) is 34.4 Å². The monoisotopic (exact) mass is 398 g/mol. The molecule has 1 heterocycles. The summed E-state index contributed by atoms with van der Waals surface area (Å²) in [5.74, 6) is -1.72. The van der Waals surface area contributed by atoms with E-state index in [0.717, 1.165) is 11.1 Å². The average molecular weight is 398 g/mol. The summed E-state index contributed by atoms with van der Waals surface area (Å²) in [6.45, 7) is 0. The quantitative estimate of drug-likeness (QED) is 0.403. The van der Waals surface area contributed by atoms with Crippen LogP contribution in [0.1, 0.15) is 31.8 Å². The zero-order chi connectivity index (χ0) is 21.3. The van der Waals surface area contributed by atoms with Crippen molar-refractivity contribution < 1.29 is 24.3 Å². The smallest absolute Gasteiger partial charge is 0.421 e. The van der Waals surface area contributed by atoms with Gasteiger partial charge < -0.3 is 5.11 Å². The lowest BCUT2D eigenvalue weighted by Crippen LogP contribution is -2.34. The van der Waals surface area contributed by atoms with Crippen molar-refractivity contribution in [1.29, 1.82) is 0 Å². The number of amides is 3. The fourth-order valence-corrected chi connectivity index (χ4v) is 3.64. The van der Waals surface area contributed by atoms with Crippen molar-refractivity contribution in [1.82, 2.24) is 4.90 Å². The van der Waals surface area contributed by atoms with Crippen LogP contribution in [-0.4, -0.2) is 34.0 Å². The number of carbonyl (C=O) groups is 3. The van der Waals surface area contributed by atoms with E-state index >= 15 is 0 Å². The number of hydrogen-bond acceptors (Lipinski definition) is 5. The molecule has 0 spiro atoms. The molecule has 3 aromatic carbocycles. The minimum atomic E-state index is -1.61. The number of benzene rings is 3. The third-order valence-corrected chi connectivity index (χ3v) is 4.95. The van der Waals surface area contributed by atoms with Crippen LogP contribution in [0.3, 0.4) is 0 Å². The third kappa shape index (κ3) is 3.09. The van der Waals surface area contributed by atoms with Crippen molar-refractivity contribution >= 4 is 29.7 Å². The SMILES string of the molecule is O=C=Nc1ccccc1Cc1ccccc1-c1cccc2c1C(=O)N(C(=O)O)C2=O. The van der Waals surface area contributed by atoms with Crippen molar-refractivity contribution in [3.05, 3.63) is 89.0 Å². The van der Waals surface area contributed by atoms with Gasteiger partial charge in [0.2, 0.25) is 6.08 Å². The predicted molar refractivity (Wildman–Crippen MR) is 107 cm³/mol. The van der Waals surface area contributed by atoms with Crippen LogP contribution >= 0.6 is 0 Å². The van der Waals surface area contributed by atoms with Crippen molar-refractivity contribution in [2.75, 3.05) is 0 Å². The largest absolute Gasteiger partial charge is 0.464 e. The average Bonchev–Trinajstić information content (AvgIpc) is 3.01. The Hall–Kier alpha value is -4.35. The zero-order valence-electron chi connectivity index (χ0n) is 15.5. The summed E-state index contributed by atoms with van der Waals surface area (Å²) in [4.78, 5) is 51.2. The Morgan fingerprint density at radius 3 is 2.20 bits per heavy atom. The number of carboxylic acid groups (broad SMARTS) is 1. The van der Waals surface area contributed by atoms with Crippen LogP contribution in [0, 0.1) is 0 Å². The predicted octanol–water partition coefficient (Wildman–Crippen LogP) is 4.19. The van der Waals surface area contributed by atoms with Gasteiger partial charge >= 0.3 is 6.09 Å². The molecule has 1 aliphatic rings. The summed E-state index contributed by atoms with van der Waals surface area (Å²) in [5.41, 5.74) is 3.39. The molecule has 30 heavy (non-hydrogen) atoms. The molecule has 0 saturated carbocycles. The number of imide groups is 3. The molecule has 3 amide bonds. The maximum absolute atomic E-state index is 12.7. The second-order valence-electron chi connectivity index (χ2n) is 6.62. The molecule has 7 nitrogen and oxygen atoms in total. The van der Waals surface area contributed by atoms with Crippen LogP contribution in [-0.2, 0) is 11.2 Å². The van der Waals surface area contributed by atoms with Crippen LogP contribution in [0.2, 0.25) is 0 Å². The van der Waals surface area contributed by atoms with E-state index in [1.54, 1.807) is 42.5 Å². The number of para-hydroxylation sites is 1. The van der Waals surface area contributed by atoms with Gasteiger partial charge in [0, 0.05) is 6.42 Å². The second kappa shape index (κ2) is 7.58. The Morgan fingerprint density at radius 2 is 1.47 bits per heavy atom. The van der Waals surface area contributed by atoms with Crippen LogP contribution in [0.25, 0.3) is 11.1 Å². The molecule has 146 valence electrons. The Kier molecular flexibility index (Phi) is 4.80. The fraction of sp³-hybridized carbons (Fsp3) is 0.0435. The van der Waals surface area contributed by atoms with Gasteiger partial charge in [-0.2, -0.15) is 9.89 Å². The van der Waals surface area contributed by atoms with E-state index in [4.69, 9.17) is 0 Å². The van der Waals surface area contributed by atoms with E-state index in [-0.39, 0.29) is 16.0 Å². The summed E-state index contributed by atoms with van der Waals surface area (Å²) in [6.07, 6.45) is 0.347. The summed E-state index contributed by atoms with van der Waals surface area (Å²) < 4.78 is 0. The van der Waals surface area contributed by atoms with Gasteiger partial charge in [-0.1, -0.05) is 54.6 Å². The van der Waals surface area contributed by atoms with E-state index in [0.29, 0.717) is 23.2 Å². The van der Waals surface area contributed by atoms with Crippen molar-refractivity contribution in [3.8, 4) is 11.1 Å². The lowest BCUT2D eigenvalue weighted by atomic mass is 9.90. The first-order chi connectivity index (χ1) is 14.5. The number of hydrogen-bond donors (Lipinski definition) is 1. The number of isocyanates is 1. The molecule has 4 rings (SSSR count). The summed E-state index contributed by atoms with van der Waals surface area (Å²) >= 11 is 0. The van der Waals surface area contributed by atoms with Gasteiger partial charge in [0.15, 0.2) is 0 Å². The first-order valence-electron chi connectivity index (χ1n) is 9.01. The highest BCUT2D eigenvalue weighted by atomic mass is 16.4. The Bertz CT molecular complexity index is 1260. The number of carbonyl (C=O) groups excluding carboxylic acids is 3. The number of aliphatic imine (C=N–C) groups is 1. The van der Waals surface area contributed by atoms with Crippen LogP contribution in [0.5, 0.6) is 0 Å². The van der Waals surface area contributed by atoms with Gasteiger partial charge in [0.1, 0.15) is 0 Å². The van der Waals surface area contributed by atoms with Crippen LogP contribution in [0.4, 0.5) is 10.5 Å². The van der Waals surface area contributed by atoms with Gasteiger partial charge in [-0.3, -0.25) is 9.59 Å². The minimum Gasteiger partial charge on any atom is -0.464 e. The van der Waals surface area contributed by atoms with Gasteiger partial charge in [0.25, 0.3) is 11.8 Å². The minimum absolute atomic E-state index is 0.0562. The maximum Gasteiger partial charge on any atom is 0.421 e. The van der Waals surface area contributed by atoms with Gasteiger partial charge in [-0.25, -0.2) is 9.59 Å². The number of fused-ring (bicyclic) bond motifs is 1. The Morgan fingerprint density at radius 1 is 0.833 bits per heavy atom. The van der Waals surface area contributed by atoms with Crippen molar-refractivity contribution in [2.45, 2.75) is 6.42 Å². The molecule has 0 atom stereocenters. The van der Waals surface area contributed by atoms with E-state index in [1.807, 2.05) is 24.3 Å². The zero-order valence-corrected chi connectivity index (χ0v) is 15.5. The van der Waals surface area contributed by atoms with E-state index < -0.39 is 17.9 Å². The summed E-state index contributed by atoms with van der Waals surface area (Å²) in [6, 6.07) is 19.2. The maximum atomic E-state index is 12.7. The lowest BCUT2D eigenvalue weighted by molar-refractivity contribution is 0.0651. The molecule has 1 aliphatic heterocycles. The molecule has 0 fully saturated rings. The fourth-order valence-electron chi connectivity index (χ4n) is 3.64.